The molecule has 0 aromatic heterocycles. The van der Waals surface area contributed by atoms with Gasteiger partial charge in [-0.1, -0.05) is 33.1 Å². The first kappa shape index (κ1) is 15.4. The smallest absolute Gasteiger partial charge is 0.302 e. The van der Waals surface area contributed by atoms with Gasteiger partial charge in [0.25, 0.3) is 0 Å². The molecule has 3 heteroatoms. The summed E-state index contributed by atoms with van der Waals surface area (Å²) in [5.41, 5.74) is 0. The average Bonchev–Trinajstić information content (AvgIpc) is 2.22. The fourth-order valence-corrected chi connectivity index (χ4v) is 1.62. The molecule has 2 atom stereocenters. The maximum atomic E-state index is 10.7. The minimum Gasteiger partial charge on any atom is -0.460 e. The molecule has 0 aliphatic heterocycles. The molecular formula is C13H26O3. The van der Waals surface area contributed by atoms with E-state index in [0.717, 1.165) is 13.0 Å². The fourth-order valence-electron chi connectivity index (χ4n) is 1.62. The molecule has 0 bridgehead atoms. The minimum absolute atomic E-state index is 0.138. The lowest BCUT2D eigenvalue weighted by atomic mass is 10.0. The number of hydrogen-bond acceptors (Lipinski definition) is 3. The standard InChI is InChI=1S/C13H26O3/c1-5-7-8-13(6-2)10-15-9-11(3)16-12(4)14/h11,13H,5-10H2,1-4H3. The van der Waals surface area contributed by atoms with Gasteiger partial charge in [0.05, 0.1) is 6.61 Å². The van der Waals surface area contributed by atoms with Crippen molar-refractivity contribution in [2.75, 3.05) is 13.2 Å². The van der Waals surface area contributed by atoms with Crippen molar-refractivity contribution in [3.63, 3.8) is 0 Å². The van der Waals surface area contributed by atoms with Crippen molar-refractivity contribution in [3.8, 4) is 0 Å². The predicted molar refractivity (Wildman–Crippen MR) is 65.4 cm³/mol. The first-order chi connectivity index (χ1) is 7.60. The summed E-state index contributed by atoms with van der Waals surface area (Å²) < 4.78 is 10.6. The third kappa shape index (κ3) is 8.72. The normalized spacial score (nSPS) is 14.5. The summed E-state index contributed by atoms with van der Waals surface area (Å²) in [6.07, 6.45) is 4.75. The van der Waals surface area contributed by atoms with E-state index in [0.29, 0.717) is 12.5 Å². The molecule has 0 aromatic carbocycles. The van der Waals surface area contributed by atoms with Crippen LogP contribution in [0.2, 0.25) is 0 Å². The van der Waals surface area contributed by atoms with Crippen LogP contribution in [0.1, 0.15) is 53.4 Å². The summed E-state index contributed by atoms with van der Waals surface area (Å²) in [5.74, 6) is 0.401. The highest BCUT2D eigenvalue weighted by molar-refractivity contribution is 5.66. The molecule has 0 N–H and O–H groups in total. The Balaban J connectivity index is 3.56. The maximum absolute atomic E-state index is 10.7. The Bertz CT molecular complexity index is 180. The van der Waals surface area contributed by atoms with Crippen molar-refractivity contribution in [1.82, 2.24) is 0 Å². The van der Waals surface area contributed by atoms with Gasteiger partial charge in [-0.15, -0.1) is 0 Å². The summed E-state index contributed by atoms with van der Waals surface area (Å²) in [7, 11) is 0. The predicted octanol–water partition coefficient (Wildman–Crippen LogP) is 3.17. The number of rotatable bonds is 9. The Morgan fingerprint density at radius 1 is 1.25 bits per heavy atom. The highest BCUT2D eigenvalue weighted by atomic mass is 16.6. The minimum atomic E-state index is -0.242. The third-order valence-corrected chi connectivity index (χ3v) is 2.62. The highest BCUT2D eigenvalue weighted by Gasteiger charge is 2.09. The molecular weight excluding hydrogens is 204 g/mol. The second-order valence-corrected chi connectivity index (χ2v) is 4.37. The van der Waals surface area contributed by atoms with Crippen LogP contribution in [0.25, 0.3) is 0 Å². The summed E-state index contributed by atoms with van der Waals surface area (Å²) >= 11 is 0. The van der Waals surface area contributed by atoms with Gasteiger partial charge < -0.3 is 9.47 Å². The van der Waals surface area contributed by atoms with E-state index in [-0.39, 0.29) is 12.1 Å². The Morgan fingerprint density at radius 3 is 2.44 bits per heavy atom. The van der Waals surface area contributed by atoms with Crippen LogP contribution >= 0.6 is 0 Å². The van der Waals surface area contributed by atoms with Crippen LogP contribution in [-0.2, 0) is 14.3 Å². The molecule has 2 unspecified atom stereocenters. The van der Waals surface area contributed by atoms with Crippen LogP contribution < -0.4 is 0 Å². The molecule has 0 saturated carbocycles. The van der Waals surface area contributed by atoms with Crippen molar-refractivity contribution < 1.29 is 14.3 Å². The molecule has 0 fully saturated rings. The van der Waals surface area contributed by atoms with Gasteiger partial charge >= 0.3 is 5.97 Å². The lowest BCUT2D eigenvalue weighted by molar-refractivity contribution is -0.148. The molecule has 0 aliphatic rings. The first-order valence-corrected chi connectivity index (χ1v) is 6.35. The van der Waals surface area contributed by atoms with E-state index in [1.54, 1.807) is 0 Å². The molecule has 0 heterocycles. The summed E-state index contributed by atoms with van der Waals surface area (Å²) in [5, 5.41) is 0. The van der Waals surface area contributed by atoms with Crippen molar-refractivity contribution in [2.45, 2.75) is 59.5 Å². The monoisotopic (exact) mass is 230 g/mol. The number of carbonyl (C=O) groups excluding carboxylic acids is 1. The van der Waals surface area contributed by atoms with Crippen LogP contribution in [0, 0.1) is 5.92 Å². The number of unbranched alkanes of at least 4 members (excludes halogenated alkanes) is 1. The van der Waals surface area contributed by atoms with Gasteiger partial charge in [-0.25, -0.2) is 0 Å². The van der Waals surface area contributed by atoms with Gasteiger partial charge in [-0.3, -0.25) is 4.79 Å². The zero-order valence-corrected chi connectivity index (χ0v) is 11.1. The molecule has 16 heavy (non-hydrogen) atoms. The molecule has 0 aliphatic carbocycles. The number of esters is 1. The van der Waals surface area contributed by atoms with Crippen LogP contribution in [0.5, 0.6) is 0 Å². The molecule has 0 radical (unpaired) electrons. The zero-order valence-electron chi connectivity index (χ0n) is 11.1. The van der Waals surface area contributed by atoms with E-state index in [2.05, 4.69) is 13.8 Å². The van der Waals surface area contributed by atoms with Gasteiger partial charge in [0.2, 0.25) is 0 Å². The molecule has 0 spiro atoms. The van der Waals surface area contributed by atoms with Gasteiger partial charge in [-0.2, -0.15) is 0 Å². The quantitative estimate of drug-likeness (QED) is 0.571. The molecule has 0 amide bonds. The molecule has 0 rings (SSSR count). The summed E-state index contributed by atoms with van der Waals surface area (Å²) in [4.78, 5) is 10.7. The van der Waals surface area contributed by atoms with E-state index in [1.807, 2.05) is 6.92 Å². The van der Waals surface area contributed by atoms with E-state index in [9.17, 15) is 4.79 Å². The topological polar surface area (TPSA) is 35.5 Å². The van der Waals surface area contributed by atoms with E-state index < -0.39 is 0 Å². The van der Waals surface area contributed by atoms with Gasteiger partial charge in [0.1, 0.15) is 6.10 Å². The largest absolute Gasteiger partial charge is 0.460 e. The first-order valence-electron chi connectivity index (χ1n) is 6.35. The number of carbonyl (C=O) groups is 1. The Labute approximate surface area is 99.5 Å². The maximum Gasteiger partial charge on any atom is 0.302 e. The van der Waals surface area contributed by atoms with Gasteiger partial charge in [-0.05, 0) is 19.3 Å². The highest BCUT2D eigenvalue weighted by Crippen LogP contribution is 2.13. The van der Waals surface area contributed by atoms with E-state index in [1.165, 1.54) is 26.2 Å². The second kappa shape index (κ2) is 9.64. The summed E-state index contributed by atoms with van der Waals surface area (Å²) in [6.45, 7) is 8.96. The van der Waals surface area contributed by atoms with Crippen molar-refractivity contribution in [3.05, 3.63) is 0 Å². The van der Waals surface area contributed by atoms with Crippen LogP contribution in [0.4, 0.5) is 0 Å². The van der Waals surface area contributed by atoms with Crippen molar-refractivity contribution in [1.29, 1.82) is 0 Å². The Hall–Kier alpha value is -0.570. The molecule has 96 valence electrons. The van der Waals surface area contributed by atoms with Crippen molar-refractivity contribution in [2.24, 2.45) is 5.92 Å². The third-order valence-electron chi connectivity index (χ3n) is 2.62. The lowest BCUT2D eigenvalue weighted by Crippen LogP contribution is -2.21. The average molecular weight is 230 g/mol. The Kier molecular flexibility index (Phi) is 9.30. The van der Waals surface area contributed by atoms with E-state index >= 15 is 0 Å². The van der Waals surface area contributed by atoms with Gasteiger partial charge in [0.15, 0.2) is 0 Å². The van der Waals surface area contributed by atoms with Crippen LogP contribution in [0.15, 0.2) is 0 Å². The zero-order chi connectivity index (χ0) is 12.4. The SMILES string of the molecule is CCCCC(CC)COCC(C)OC(C)=O. The van der Waals surface area contributed by atoms with Crippen molar-refractivity contribution >= 4 is 5.97 Å². The van der Waals surface area contributed by atoms with Crippen LogP contribution in [-0.4, -0.2) is 25.3 Å². The fraction of sp³-hybridized carbons (Fsp3) is 0.923. The Morgan fingerprint density at radius 2 is 1.94 bits per heavy atom. The molecule has 0 aromatic rings. The molecule has 0 saturated heterocycles. The van der Waals surface area contributed by atoms with Crippen LogP contribution in [0.3, 0.4) is 0 Å². The number of hydrogen-bond donors (Lipinski definition) is 0. The summed E-state index contributed by atoms with van der Waals surface area (Å²) in [6, 6.07) is 0. The van der Waals surface area contributed by atoms with E-state index in [4.69, 9.17) is 9.47 Å². The molecule has 3 nitrogen and oxygen atoms in total. The van der Waals surface area contributed by atoms with Gasteiger partial charge in [0, 0.05) is 13.5 Å². The number of ether oxygens (including phenoxy) is 2. The second-order valence-electron chi connectivity index (χ2n) is 4.37. The lowest BCUT2D eigenvalue weighted by Gasteiger charge is -2.17.